The van der Waals surface area contributed by atoms with Gasteiger partial charge in [0.25, 0.3) is 0 Å². The number of hydrogen-bond acceptors (Lipinski definition) is 5. The molecule has 4 aromatic rings. The first-order chi connectivity index (χ1) is 11.7. The van der Waals surface area contributed by atoms with Crippen molar-refractivity contribution in [2.24, 2.45) is 0 Å². The van der Waals surface area contributed by atoms with Crippen LogP contribution in [0.15, 0.2) is 48.5 Å². The highest BCUT2D eigenvalue weighted by Crippen LogP contribution is 2.23. The molecule has 0 aliphatic carbocycles. The van der Waals surface area contributed by atoms with Crippen LogP contribution in [0.4, 0.5) is 0 Å². The predicted molar refractivity (Wildman–Crippen MR) is 97.3 cm³/mol. The summed E-state index contributed by atoms with van der Waals surface area (Å²) >= 11 is 12.4. The Morgan fingerprint density at radius 3 is 2.58 bits per heavy atom. The Morgan fingerprint density at radius 2 is 1.83 bits per heavy atom. The van der Waals surface area contributed by atoms with E-state index in [0.29, 0.717) is 10.6 Å². The first-order valence-electron chi connectivity index (χ1n) is 7.11. The molecular weight excluding hydrogens is 364 g/mol. The van der Waals surface area contributed by atoms with Crippen LogP contribution in [0.2, 0.25) is 5.02 Å². The van der Waals surface area contributed by atoms with Crippen molar-refractivity contribution in [2.45, 2.75) is 6.61 Å². The van der Waals surface area contributed by atoms with E-state index in [2.05, 4.69) is 15.3 Å². The maximum atomic E-state index is 5.88. The van der Waals surface area contributed by atoms with Crippen LogP contribution < -0.4 is 4.74 Å². The molecule has 0 atom stereocenters. The summed E-state index contributed by atoms with van der Waals surface area (Å²) in [6, 6.07) is 15.3. The number of halogens is 1. The molecule has 2 aromatic carbocycles. The first kappa shape index (κ1) is 15.3. The van der Waals surface area contributed by atoms with Crippen LogP contribution in [-0.2, 0) is 6.61 Å². The lowest BCUT2D eigenvalue weighted by molar-refractivity contribution is 0.306. The second-order valence-electron chi connectivity index (χ2n) is 5.08. The van der Waals surface area contributed by atoms with E-state index < -0.39 is 0 Å². The number of aromatic amines is 1. The fourth-order valence-electron chi connectivity index (χ4n) is 2.27. The molecule has 0 amide bonds. The van der Waals surface area contributed by atoms with E-state index in [-0.39, 0.29) is 0 Å². The molecule has 0 saturated carbocycles. The number of ether oxygens (including phenoxy) is 1. The molecule has 1 N–H and O–H groups in total. The topological polar surface area (TPSA) is 55.2 Å². The summed E-state index contributed by atoms with van der Waals surface area (Å²) in [5.41, 5.74) is 2.00. The van der Waals surface area contributed by atoms with E-state index in [0.717, 1.165) is 32.7 Å². The van der Waals surface area contributed by atoms with Crippen LogP contribution in [0.25, 0.3) is 16.3 Å². The van der Waals surface area contributed by atoms with Gasteiger partial charge in [-0.05, 0) is 54.2 Å². The number of rotatable bonds is 4. The van der Waals surface area contributed by atoms with Crippen molar-refractivity contribution < 1.29 is 4.74 Å². The fourth-order valence-corrected chi connectivity index (χ4v) is 3.32. The van der Waals surface area contributed by atoms with Crippen LogP contribution >= 0.6 is 35.2 Å². The highest BCUT2D eigenvalue weighted by atomic mass is 35.5. The molecule has 24 heavy (non-hydrogen) atoms. The quantitative estimate of drug-likeness (QED) is 0.524. The smallest absolute Gasteiger partial charge is 0.234 e. The average molecular weight is 375 g/mol. The maximum Gasteiger partial charge on any atom is 0.234 e. The zero-order valence-corrected chi connectivity index (χ0v) is 14.7. The highest BCUT2D eigenvalue weighted by molar-refractivity contribution is 7.73. The van der Waals surface area contributed by atoms with Crippen LogP contribution in [0.1, 0.15) is 5.56 Å². The minimum atomic E-state index is 0.489. The van der Waals surface area contributed by atoms with Crippen molar-refractivity contribution in [3.05, 3.63) is 63.1 Å². The molecule has 120 valence electrons. The monoisotopic (exact) mass is 374 g/mol. The molecule has 0 aliphatic rings. The molecular formula is C16H11ClN4OS2. The van der Waals surface area contributed by atoms with Crippen LogP contribution in [0.5, 0.6) is 5.75 Å². The van der Waals surface area contributed by atoms with Gasteiger partial charge in [0.1, 0.15) is 12.4 Å². The first-order valence-corrected chi connectivity index (χ1v) is 8.71. The summed E-state index contributed by atoms with van der Waals surface area (Å²) in [7, 11) is 0. The normalized spacial score (nSPS) is 11.0. The number of fused-ring (bicyclic) bond motifs is 1. The van der Waals surface area contributed by atoms with E-state index in [9.17, 15) is 0 Å². The van der Waals surface area contributed by atoms with Gasteiger partial charge in [-0.3, -0.25) is 5.10 Å². The molecule has 2 heterocycles. The lowest BCUT2D eigenvalue weighted by Gasteiger charge is -2.07. The molecule has 0 radical (unpaired) electrons. The summed E-state index contributed by atoms with van der Waals surface area (Å²) < 4.78 is 8.25. The third-order valence-corrected chi connectivity index (χ3v) is 4.77. The van der Waals surface area contributed by atoms with E-state index in [1.807, 2.05) is 48.5 Å². The van der Waals surface area contributed by atoms with Crippen LogP contribution in [0, 0.1) is 3.95 Å². The molecule has 2 aromatic heterocycles. The van der Waals surface area contributed by atoms with E-state index in [1.54, 1.807) is 4.52 Å². The number of nitrogens with zero attached hydrogens (tertiary/aromatic N) is 3. The minimum absolute atomic E-state index is 0.489. The predicted octanol–water partition coefficient (Wildman–Crippen LogP) is 4.75. The summed E-state index contributed by atoms with van der Waals surface area (Å²) in [5, 5.41) is 12.1. The molecule has 0 spiro atoms. The highest BCUT2D eigenvalue weighted by Gasteiger charge is 2.10. The lowest BCUT2D eigenvalue weighted by Crippen LogP contribution is -1.95. The van der Waals surface area contributed by atoms with Gasteiger partial charge >= 0.3 is 0 Å². The summed E-state index contributed by atoms with van der Waals surface area (Å²) in [6.07, 6.45) is 0. The second kappa shape index (κ2) is 6.35. The number of hydrogen-bond donors (Lipinski definition) is 1. The zero-order chi connectivity index (χ0) is 16.5. The number of aromatic nitrogens is 4. The Bertz CT molecular complexity index is 1030. The Labute approximate surface area is 151 Å². The van der Waals surface area contributed by atoms with Gasteiger partial charge in [0, 0.05) is 10.6 Å². The van der Waals surface area contributed by atoms with Crippen molar-refractivity contribution >= 4 is 40.1 Å². The van der Waals surface area contributed by atoms with Crippen LogP contribution in [0.3, 0.4) is 0 Å². The molecule has 5 nitrogen and oxygen atoms in total. The number of benzene rings is 2. The Hall–Kier alpha value is -2.22. The third kappa shape index (κ3) is 3.06. The van der Waals surface area contributed by atoms with Gasteiger partial charge in [0.15, 0.2) is 9.78 Å². The largest absolute Gasteiger partial charge is 0.489 e. The molecule has 4 rings (SSSR count). The van der Waals surface area contributed by atoms with Gasteiger partial charge in [0.2, 0.25) is 4.96 Å². The average Bonchev–Trinajstić information content (AvgIpc) is 3.14. The SMILES string of the molecule is S=c1[nH]n2c(-c3ccc(OCc4ccc(Cl)cc4)cc3)nnc2s1. The van der Waals surface area contributed by atoms with Crippen molar-refractivity contribution in [2.75, 3.05) is 0 Å². The second-order valence-corrected chi connectivity index (χ2v) is 7.16. The van der Waals surface area contributed by atoms with E-state index >= 15 is 0 Å². The number of H-pyrrole nitrogens is 1. The fraction of sp³-hybridized carbons (Fsp3) is 0.0625. The van der Waals surface area contributed by atoms with Crippen molar-refractivity contribution in [3.63, 3.8) is 0 Å². The third-order valence-electron chi connectivity index (χ3n) is 3.45. The zero-order valence-electron chi connectivity index (χ0n) is 12.3. The Morgan fingerprint density at radius 1 is 1.08 bits per heavy atom. The van der Waals surface area contributed by atoms with Gasteiger partial charge in [-0.15, -0.1) is 10.2 Å². The lowest BCUT2D eigenvalue weighted by atomic mass is 10.2. The Kier molecular flexibility index (Phi) is 4.05. The summed E-state index contributed by atoms with van der Waals surface area (Å²) in [5.74, 6) is 1.51. The Balaban J connectivity index is 1.52. The molecule has 8 heteroatoms. The van der Waals surface area contributed by atoms with E-state index in [4.69, 9.17) is 28.6 Å². The van der Waals surface area contributed by atoms with Gasteiger partial charge in [-0.1, -0.05) is 35.1 Å². The van der Waals surface area contributed by atoms with Gasteiger partial charge in [-0.25, -0.2) is 4.52 Å². The van der Waals surface area contributed by atoms with Gasteiger partial charge < -0.3 is 4.74 Å². The maximum absolute atomic E-state index is 5.88. The van der Waals surface area contributed by atoms with Gasteiger partial charge in [0.05, 0.1) is 0 Å². The molecule has 0 saturated heterocycles. The van der Waals surface area contributed by atoms with Crippen LogP contribution in [-0.4, -0.2) is 19.8 Å². The standard InChI is InChI=1S/C16H11ClN4OS2/c17-12-5-1-10(2-6-12)9-22-13-7-3-11(4-8-13)14-18-19-15-21(14)20-16(23)24-15/h1-8H,9H2,(H,20,23). The summed E-state index contributed by atoms with van der Waals surface area (Å²) in [6.45, 7) is 0.489. The van der Waals surface area contributed by atoms with Crippen molar-refractivity contribution in [3.8, 4) is 17.1 Å². The molecule has 0 fully saturated rings. The molecule has 0 bridgehead atoms. The van der Waals surface area contributed by atoms with E-state index in [1.165, 1.54) is 11.3 Å². The van der Waals surface area contributed by atoms with Gasteiger partial charge in [-0.2, -0.15) is 0 Å². The van der Waals surface area contributed by atoms with Crippen molar-refractivity contribution in [1.82, 2.24) is 19.8 Å². The van der Waals surface area contributed by atoms with Crippen molar-refractivity contribution in [1.29, 1.82) is 0 Å². The molecule has 0 aliphatic heterocycles. The summed E-state index contributed by atoms with van der Waals surface area (Å²) in [4.78, 5) is 0.748. The minimum Gasteiger partial charge on any atom is -0.489 e. The number of nitrogens with one attached hydrogen (secondary N) is 1. The molecule has 0 unspecified atom stereocenters.